The molecular weight excluding hydrogens is 244 g/mol. The summed E-state index contributed by atoms with van der Waals surface area (Å²) in [4.78, 5) is 11.9. The molecule has 1 aliphatic rings. The molecule has 0 aromatic rings. The summed E-state index contributed by atoms with van der Waals surface area (Å²) in [5.41, 5.74) is 0. The van der Waals surface area contributed by atoms with Crippen LogP contribution in [0.2, 0.25) is 0 Å². The zero-order valence-corrected chi connectivity index (χ0v) is 13.2. The van der Waals surface area contributed by atoms with Crippen molar-refractivity contribution in [1.29, 1.82) is 0 Å². The van der Waals surface area contributed by atoms with Crippen molar-refractivity contribution in [1.82, 2.24) is 0 Å². The highest BCUT2D eigenvalue weighted by atomic mass is 16.1. The molecule has 2 atom stereocenters. The standard InChI is InChI=1S/C19H30O/c1-3-5-7-9-10-11-13-17-15-16-19(20)18(17)14-12-8-6-4-2/h11-18H,3-10H2,1-2H3/b13-11+,14-12?. The predicted octanol–water partition coefficient (Wildman–Crippen LogP) is 5.63. The molecule has 112 valence electrons. The quantitative estimate of drug-likeness (QED) is 0.372. The third-order valence-corrected chi connectivity index (χ3v) is 3.88. The van der Waals surface area contributed by atoms with Crippen molar-refractivity contribution in [2.24, 2.45) is 11.8 Å². The number of allylic oxidation sites excluding steroid dienone is 6. The van der Waals surface area contributed by atoms with E-state index in [1.807, 2.05) is 0 Å². The second-order valence-electron chi connectivity index (χ2n) is 5.71. The lowest BCUT2D eigenvalue weighted by Crippen LogP contribution is -2.11. The SMILES string of the molecule is CCCCC=CC1C(=O)C=CC1/C=C/CCCCCC. The number of carbonyl (C=O) groups excluding carboxylic acids is 1. The molecule has 0 radical (unpaired) electrons. The monoisotopic (exact) mass is 274 g/mol. The van der Waals surface area contributed by atoms with Gasteiger partial charge in [-0.3, -0.25) is 4.79 Å². The minimum Gasteiger partial charge on any atom is -0.294 e. The largest absolute Gasteiger partial charge is 0.294 e. The average Bonchev–Trinajstić information content (AvgIpc) is 2.80. The normalized spacial score (nSPS) is 22.6. The molecule has 0 aromatic heterocycles. The molecule has 0 spiro atoms. The van der Waals surface area contributed by atoms with Crippen LogP contribution in [0.15, 0.2) is 36.5 Å². The molecule has 0 saturated heterocycles. The van der Waals surface area contributed by atoms with Crippen molar-refractivity contribution in [3.05, 3.63) is 36.5 Å². The first-order chi connectivity index (χ1) is 9.79. The molecule has 0 N–H and O–H groups in total. The van der Waals surface area contributed by atoms with Crippen LogP contribution in [-0.2, 0) is 4.79 Å². The van der Waals surface area contributed by atoms with E-state index in [1.165, 1.54) is 38.5 Å². The lowest BCUT2D eigenvalue weighted by molar-refractivity contribution is -0.116. The van der Waals surface area contributed by atoms with Gasteiger partial charge in [-0.25, -0.2) is 0 Å². The number of rotatable bonds is 10. The summed E-state index contributed by atoms with van der Waals surface area (Å²) < 4.78 is 0. The summed E-state index contributed by atoms with van der Waals surface area (Å²) in [6.45, 7) is 4.43. The minimum atomic E-state index is 0.0544. The van der Waals surface area contributed by atoms with Gasteiger partial charge in [-0.1, -0.05) is 76.3 Å². The van der Waals surface area contributed by atoms with E-state index in [2.05, 4.69) is 44.2 Å². The van der Waals surface area contributed by atoms with E-state index in [9.17, 15) is 4.79 Å². The van der Waals surface area contributed by atoms with Gasteiger partial charge in [-0.05, 0) is 25.3 Å². The fourth-order valence-electron chi connectivity index (χ4n) is 2.54. The molecule has 1 nitrogen and oxygen atoms in total. The Hall–Kier alpha value is -1.11. The summed E-state index contributed by atoms with van der Waals surface area (Å²) in [5, 5.41) is 0. The smallest absolute Gasteiger partial charge is 0.163 e. The van der Waals surface area contributed by atoms with Gasteiger partial charge in [-0.15, -0.1) is 0 Å². The number of hydrogen-bond acceptors (Lipinski definition) is 1. The van der Waals surface area contributed by atoms with Crippen LogP contribution in [0.3, 0.4) is 0 Å². The third kappa shape index (κ3) is 6.36. The Morgan fingerprint density at radius 1 is 0.950 bits per heavy atom. The number of unbranched alkanes of at least 4 members (excludes halogenated alkanes) is 6. The van der Waals surface area contributed by atoms with E-state index in [0.717, 1.165) is 12.8 Å². The van der Waals surface area contributed by atoms with Crippen LogP contribution in [0.25, 0.3) is 0 Å². The first kappa shape index (κ1) is 16.9. The highest BCUT2D eigenvalue weighted by molar-refractivity contribution is 5.96. The number of hydrogen-bond donors (Lipinski definition) is 0. The molecule has 0 heterocycles. The van der Waals surface area contributed by atoms with Crippen LogP contribution >= 0.6 is 0 Å². The van der Waals surface area contributed by atoms with Crippen molar-refractivity contribution in [2.45, 2.75) is 65.2 Å². The molecule has 1 rings (SSSR count). The Labute approximate surface area is 124 Å². The van der Waals surface area contributed by atoms with Crippen LogP contribution < -0.4 is 0 Å². The Bertz CT molecular complexity index is 349. The van der Waals surface area contributed by atoms with Gasteiger partial charge in [0, 0.05) is 11.8 Å². The number of carbonyl (C=O) groups is 1. The zero-order valence-electron chi connectivity index (χ0n) is 13.2. The van der Waals surface area contributed by atoms with Crippen molar-refractivity contribution in [2.75, 3.05) is 0 Å². The van der Waals surface area contributed by atoms with Crippen molar-refractivity contribution >= 4 is 5.78 Å². The Morgan fingerprint density at radius 2 is 1.65 bits per heavy atom. The highest BCUT2D eigenvalue weighted by Gasteiger charge is 2.25. The molecule has 0 saturated carbocycles. The van der Waals surface area contributed by atoms with Gasteiger partial charge in [0.25, 0.3) is 0 Å². The van der Waals surface area contributed by atoms with E-state index in [1.54, 1.807) is 6.08 Å². The van der Waals surface area contributed by atoms with Crippen LogP contribution in [-0.4, -0.2) is 5.78 Å². The van der Waals surface area contributed by atoms with Crippen LogP contribution in [0.5, 0.6) is 0 Å². The fourth-order valence-corrected chi connectivity index (χ4v) is 2.54. The van der Waals surface area contributed by atoms with Gasteiger partial charge in [0.15, 0.2) is 5.78 Å². The number of ketones is 1. The van der Waals surface area contributed by atoms with Crippen LogP contribution in [0, 0.1) is 11.8 Å². The summed E-state index contributed by atoms with van der Waals surface area (Å²) in [6, 6.07) is 0. The summed E-state index contributed by atoms with van der Waals surface area (Å²) in [5.74, 6) is 0.601. The molecular formula is C19H30O. The van der Waals surface area contributed by atoms with Gasteiger partial charge in [0.05, 0.1) is 0 Å². The highest BCUT2D eigenvalue weighted by Crippen LogP contribution is 2.25. The molecule has 0 aromatic carbocycles. The topological polar surface area (TPSA) is 17.1 Å². The fraction of sp³-hybridized carbons (Fsp3) is 0.632. The molecule has 1 aliphatic carbocycles. The third-order valence-electron chi connectivity index (χ3n) is 3.88. The molecule has 0 amide bonds. The maximum Gasteiger partial charge on any atom is 0.163 e. The van der Waals surface area contributed by atoms with E-state index in [-0.39, 0.29) is 17.6 Å². The zero-order chi connectivity index (χ0) is 14.6. The van der Waals surface area contributed by atoms with Gasteiger partial charge in [-0.2, -0.15) is 0 Å². The van der Waals surface area contributed by atoms with Crippen LogP contribution in [0.1, 0.15) is 65.2 Å². The molecule has 0 aliphatic heterocycles. The predicted molar refractivity (Wildman–Crippen MR) is 87.7 cm³/mol. The van der Waals surface area contributed by atoms with Crippen LogP contribution in [0.4, 0.5) is 0 Å². The molecule has 1 heteroatoms. The Morgan fingerprint density at radius 3 is 2.40 bits per heavy atom. The summed E-state index contributed by atoms with van der Waals surface area (Å²) in [7, 11) is 0. The van der Waals surface area contributed by atoms with E-state index >= 15 is 0 Å². The second-order valence-corrected chi connectivity index (χ2v) is 5.71. The van der Waals surface area contributed by atoms with Gasteiger partial charge in [0.2, 0.25) is 0 Å². The van der Waals surface area contributed by atoms with E-state index in [0.29, 0.717) is 0 Å². The average molecular weight is 274 g/mol. The summed E-state index contributed by atoms with van der Waals surface area (Å²) in [6.07, 6.45) is 22.5. The van der Waals surface area contributed by atoms with Crippen molar-refractivity contribution in [3.63, 3.8) is 0 Å². The van der Waals surface area contributed by atoms with E-state index in [4.69, 9.17) is 0 Å². The minimum absolute atomic E-state index is 0.0544. The lowest BCUT2D eigenvalue weighted by Gasteiger charge is -2.10. The van der Waals surface area contributed by atoms with Gasteiger partial charge >= 0.3 is 0 Å². The van der Waals surface area contributed by atoms with E-state index < -0.39 is 0 Å². The van der Waals surface area contributed by atoms with Gasteiger partial charge < -0.3 is 0 Å². The van der Waals surface area contributed by atoms with Crippen molar-refractivity contribution < 1.29 is 4.79 Å². The Kier molecular flexibility index (Phi) is 9.02. The lowest BCUT2D eigenvalue weighted by atomic mass is 9.93. The molecule has 20 heavy (non-hydrogen) atoms. The van der Waals surface area contributed by atoms with Crippen molar-refractivity contribution in [3.8, 4) is 0 Å². The first-order valence-electron chi connectivity index (χ1n) is 8.35. The maximum absolute atomic E-state index is 11.9. The second kappa shape index (κ2) is 10.7. The Balaban J connectivity index is 2.35. The first-order valence-corrected chi connectivity index (χ1v) is 8.35. The maximum atomic E-state index is 11.9. The molecule has 2 unspecified atom stereocenters. The van der Waals surface area contributed by atoms with Gasteiger partial charge in [0.1, 0.15) is 0 Å². The summed E-state index contributed by atoms with van der Waals surface area (Å²) >= 11 is 0. The molecule has 0 bridgehead atoms. The molecule has 0 fully saturated rings.